The molecule has 0 radical (unpaired) electrons. The first-order valence-electron chi connectivity index (χ1n) is 6.81. The Labute approximate surface area is 134 Å². The quantitative estimate of drug-likeness (QED) is 0.706. The number of carbonyl (C=O) groups is 2. The van der Waals surface area contributed by atoms with Crippen molar-refractivity contribution >= 4 is 33.6 Å². The molecule has 0 aliphatic heterocycles. The van der Waals surface area contributed by atoms with E-state index in [4.69, 9.17) is 5.11 Å². The molecular formula is C14H15BrF2N2O3. The van der Waals surface area contributed by atoms with Crippen molar-refractivity contribution in [3.8, 4) is 0 Å². The molecule has 3 N–H and O–H groups in total. The van der Waals surface area contributed by atoms with Gasteiger partial charge in [0, 0.05) is 12.1 Å². The normalized spacial score (nSPS) is 21.2. The summed E-state index contributed by atoms with van der Waals surface area (Å²) in [6.07, 6.45) is 2.10. The topological polar surface area (TPSA) is 78.4 Å². The Hall–Kier alpha value is -1.70. The molecule has 8 heteroatoms. The summed E-state index contributed by atoms with van der Waals surface area (Å²) in [5.41, 5.74) is -0.134. The molecule has 0 heterocycles. The number of anilines is 1. The van der Waals surface area contributed by atoms with E-state index in [0.717, 1.165) is 6.07 Å². The summed E-state index contributed by atoms with van der Waals surface area (Å²) in [6, 6.07) is 1.07. The SMILES string of the molecule is O=C(Nc1cc(Br)c(F)cc1F)NC1CCC(C(=O)O)CC1. The number of aliphatic carboxylic acids is 1. The summed E-state index contributed by atoms with van der Waals surface area (Å²) in [4.78, 5) is 22.7. The molecule has 22 heavy (non-hydrogen) atoms. The van der Waals surface area contributed by atoms with Crippen molar-refractivity contribution in [2.45, 2.75) is 31.7 Å². The van der Waals surface area contributed by atoms with Crippen molar-refractivity contribution in [2.75, 3.05) is 5.32 Å². The predicted octanol–water partition coefficient (Wildman–Crippen LogP) is 3.49. The van der Waals surface area contributed by atoms with Crippen molar-refractivity contribution < 1.29 is 23.5 Å². The van der Waals surface area contributed by atoms with Crippen LogP contribution in [-0.2, 0) is 4.79 Å². The Morgan fingerprint density at radius 1 is 1.14 bits per heavy atom. The lowest BCUT2D eigenvalue weighted by Crippen LogP contribution is -2.41. The van der Waals surface area contributed by atoms with E-state index in [9.17, 15) is 18.4 Å². The average Bonchev–Trinajstić information content (AvgIpc) is 2.45. The van der Waals surface area contributed by atoms with Gasteiger partial charge < -0.3 is 15.7 Å². The van der Waals surface area contributed by atoms with Crippen molar-refractivity contribution in [3.63, 3.8) is 0 Å². The maximum Gasteiger partial charge on any atom is 0.319 e. The van der Waals surface area contributed by atoms with Gasteiger partial charge in [-0.3, -0.25) is 4.79 Å². The Morgan fingerprint density at radius 3 is 2.36 bits per heavy atom. The smallest absolute Gasteiger partial charge is 0.319 e. The monoisotopic (exact) mass is 376 g/mol. The molecule has 2 amide bonds. The maximum atomic E-state index is 13.5. The number of urea groups is 1. The summed E-state index contributed by atoms with van der Waals surface area (Å²) in [5, 5.41) is 13.9. The maximum absolute atomic E-state index is 13.5. The van der Waals surface area contributed by atoms with E-state index in [1.54, 1.807) is 0 Å². The molecular weight excluding hydrogens is 362 g/mol. The summed E-state index contributed by atoms with van der Waals surface area (Å²) in [6.45, 7) is 0. The fourth-order valence-corrected chi connectivity index (χ4v) is 2.79. The van der Waals surface area contributed by atoms with Crippen molar-refractivity contribution in [1.29, 1.82) is 0 Å². The second-order valence-electron chi connectivity index (χ2n) is 5.23. The van der Waals surface area contributed by atoms with E-state index < -0.39 is 23.6 Å². The minimum atomic E-state index is -0.870. The lowest BCUT2D eigenvalue weighted by molar-refractivity contribution is -0.142. The van der Waals surface area contributed by atoms with Crippen LogP contribution in [0.5, 0.6) is 0 Å². The van der Waals surface area contributed by atoms with E-state index in [1.165, 1.54) is 0 Å². The van der Waals surface area contributed by atoms with Gasteiger partial charge in [-0.25, -0.2) is 13.6 Å². The Morgan fingerprint density at radius 2 is 1.77 bits per heavy atom. The minimum Gasteiger partial charge on any atom is -0.481 e. The molecule has 0 atom stereocenters. The molecule has 120 valence electrons. The van der Waals surface area contributed by atoms with Gasteiger partial charge in [0.25, 0.3) is 0 Å². The molecule has 1 fully saturated rings. The third kappa shape index (κ3) is 4.16. The van der Waals surface area contributed by atoms with Crippen LogP contribution in [0.3, 0.4) is 0 Å². The van der Waals surface area contributed by atoms with Crippen LogP contribution in [0.1, 0.15) is 25.7 Å². The first-order valence-corrected chi connectivity index (χ1v) is 7.61. The number of rotatable bonds is 3. The molecule has 2 rings (SSSR count). The van der Waals surface area contributed by atoms with Crippen LogP contribution in [0.2, 0.25) is 0 Å². The van der Waals surface area contributed by atoms with Gasteiger partial charge in [-0.2, -0.15) is 0 Å². The zero-order valence-electron chi connectivity index (χ0n) is 11.5. The summed E-state index contributed by atoms with van der Waals surface area (Å²) >= 11 is 2.92. The Bertz CT molecular complexity index is 590. The van der Waals surface area contributed by atoms with Gasteiger partial charge in [0.15, 0.2) is 0 Å². The van der Waals surface area contributed by atoms with E-state index in [1.807, 2.05) is 0 Å². The molecule has 0 bridgehead atoms. The standard InChI is InChI=1S/C14H15BrF2N2O3/c15-9-5-12(11(17)6-10(9)16)19-14(22)18-8-3-1-7(2-4-8)13(20)21/h5-8H,1-4H2,(H,20,21)(H2,18,19,22). The Kier molecular flexibility index (Phi) is 5.33. The minimum absolute atomic E-state index is 0.0474. The van der Waals surface area contributed by atoms with Crippen LogP contribution in [0.25, 0.3) is 0 Å². The van der Waals surface area contributed by atoms with Gasteiger partial charge in [-0.15, -0.1) is 0 Å². The second kappa shape index (κ2) is 7.04. The predicted molar refractivity (Wildman–Crippen MR) is 79.6 cm³/mol. The van der Waals surface area contributed by atoms with Crippen LogP contribution in [0.15, 0.2) is 16.6 Å². The second-order valence-corrected chi connectivity index (χ2v) is 6.09. The number of hydrogen-bond acceptors (Lipinski definition) is 2. The molecule has 1 aromatic rings. The highest BCUT2D eigenvalue weighted by atomic mass is 79.9. The van der Waals surface area contributed by atoms with Crippen LogP contribution in [0, 0.1) is 17.6 Å². The average molecular weight is 377 g/mol. The van der Waals surface area contributed by atoms with E-state index in [2.05, 4.69) is 26.6 Å². The highest BCUT2D eigenvalue weighted by Crippen LogP contribution is 2.25. The van der Waals surface area contributed by atoms with Gasteiger partial charge in [-0.1, -0.05) is 0 Å². The highest BCUT2D eigenvalue weighted by molar-refractivity contribution is 9.10. The number of carboxylic acid groups (broad SMARTS) is 1. The highest BCUT2D eigenvalue weighted by Gasteiger charge is 2.26. The van der Waals surface area contributed by atoms with Gasteiger partial charge >= 0.3 is 12.0 Å². The molecule has 1 aliphatic carbocycles. The van der Waals surface area contributed by atoms with Crippen LogP contribution >= 0.6 is 15.9 Å². The molecule has 0 aromatic heterocycles. The molecule has 1 aliphatic rings. The van der Waals surface area contributed by atoms with E-state index in [-0.39, 0.29) is 22.1 Å². The molecule has 1 aromatic carbocycles. The molecule has 0 spiro atoms. The molecule has 1 saturated carbocycles. The first-order chi connectivity index (χ1) is 10.4. The van der Waals surface area contributed by atoms with Gasteiger partial charge in [0.1, 0.15) is 11.6 Å². The summed E-state index contributed by atoms with van der Waals surface area (Å²) in [5.74, 6) is -2.81. The number of halogens is 3. The lowest BCUT2D eigenvalue weighted by atomic mass is 9.86. The zero-order chi connectivity index (χ0) is 16.3. The molecule has 0 saturated heterocycles. The first kappa shape index (κ1) is 16.7. The summed E-state index contributed by atoms with van der Waals surface area (Å²) < 4.78 is 26.7. The van der Waals surface area contributed by atoms with E-state index >= 15 is 0 Å². The zero-order valence-corrected chi connectivity index (χ0v) is 13.1. The van der Waals surface area contributed by atoms with Gasteiger partial charge in [0.2, 0.25) is 0 Å². The number of benzene rings is 1. The van der Waals surface area contributed by atoms with Crippen molar-refractivity contribution in [2.24, 2.45) is 5.92 Å². The summed E-state index contributed by atoms with van der Waals surface area (Å²) in [7, 11) is 0. The van der Waals surface area contributed by atoms with Crippen LogP contribution < -0.4 is 10.6 Å². The third-order valence-electron chi connectivity index (χ3n) is 3.67. The van der Waals surface area contributed by atoms with Crippen molar-refractivity contribution in [3.05, 3.63) is 28.2 Å². The molecule has 0 unspecified atom stereocenters. The largest absolute Gasteiger partial charge is 0.481 e. The number of hydrogen-bond donors (Lipinski definition) is 3. The Balaban J connectivity index is 1.89. The third-order valence-corrected chi connectivity index (χ3v) is 4.28. The fourth-order valence-electron chi connectivity index (χ4n) is 2.45. The van der Waals surface area contributed by atoms with Crippen molar-refractivity contribution in [1.82, 2.24) is 5.32 Å². The van der Waals surface area contributed by atoms with Crippen LogP contribution in [-0.4, -0.2) is 23.1 Å². The van der Waals surface area contributed by atoms with Gasteiger partial charge in [0.05, 0.1) is 16.1 Å². The van der Waals surface area contributed by atoms with E-state index in [0.29, 0.717) is 31.7 Å². The number of carboxylic acids is 1. The van der Waals surface area contributed by atoms with Gasteiger partial charge in [-0.05, 0) is 47.7 Å². The number of carbonyl (C=O) groups excluding carboxylic acids is 1. The van der Waals surface area contributed by atoms with Crippen LogP contribution in [0.4, 0.5) is 19.3 Å². The lowest BCUT2D eigenvalue weighted by Gasteiger charge is -2.26. The number of amides is 2. The molecule has 5 nitrogen and oxygen atoms in total. The fraction of sp³-hybridized carbons (Fsp3) is 0.429. The number of nitrogens with one attached hydrogen (secondary N) is 2.